The Morgan fingerprint density at radius 2 is 1.68 bits per heavy atom. The van der Waals surface area contributed by atoms with Gasteiger partial charge in [0.2, 0.25) is 0 Å². The van der Waals surface area contributed by atoms with Gasteiger partial charge < -0.3 is 14.8 Å². The van der Waals surface area contributed by atoms with Crippen molar-refractivity contribution in [2.24, 2.45) is 0 Å². The zero-order valence-corrected chi connectivity index (χ0v) is 21.5. The lowest BCUT2D eigenvalue weighted by Gasteiger charge is -2.40. The average molecular weight is 488 g/mol. The van der Waals surface area contributed by atoms with Crippen molar-refractivity contribution >= 4 is 29.2 Å². The van der Waals surface area contributed by atoms with Gasteiger partial charge in [-0.05, 0) is 78.6 Å². The zero-order chi connectivity index (χ0) is 25.1. The first-order chi connectivity index (χ1) is 15.8. The van der Waals surface area contributed by atoms with Crippen LogP contribution < -0.4 is 10.1 Å². The molecule has 8 heteroatoms. The molecule has 7 nitrogen and oxygen atoms in total. The Morgan fingerprint density at radius 1 is 1.06 bits per heavy atom. The second-order valence-corrected chi connectivity index (χ2v) is 10.9. The predicted octanol–water partition coefficient (Wildman–Crippen LogP) is 5.58. The van der Waals surface area contributed by atoms with Crippen molar-refractivity contribution in [2.75, 3.05) is 18.4 Å². The molecule has 0 bridgehead atoms. The lowest BCUT2D eigenvalue weighted by atomic mass is 9.99. The maximum absolute atomic E-state index is 13.0. The summed E-state index contributed by atoms with van der Waals surface area (Å²) >= 11 is 6.15. The molecule has 1 aromatic heterocycles. The SMILES string of the molecule is CC(C)(C)OC(=O)c1ccc(NC(=O)c2ncc(Cl)cc2OC2CCN(C(C)(C)C)CC2)cc1. The van der Waals surface area contributed by atoms with Crippen molar-refractivity contribution in [2.45, 2.75) is 71.6 Å². The van der Waals surface area contributed by atoms with Crippen LogP contribution in [-0.4, -0.2) is 52.1 Å². The summed E-state index contributed by atoms with van der Waals surface area (Å²) in [5.74, 6) is -0.466. The lowest BCUT2D eigenvalue weighted by Crippen LogP contribution is -2.48. The van der Waals surface area contributed by atoms with E-state index in [4.69, 9.17) is 21.1 Å². The maximum atomic E-state index is 13.0. The van der Waals surface area contributed by atoms with Crippen LogP contribution in [0.25, 0.3) is 0 Å². The van der Waals surface area contributed by atoms with Crippen LogP contribution in [0, 0.1) is 0 Å². The van der Waals surface area contributed by atoms with Crippen LogP contribution in [-0.2, 0) is 4.74 Å². The maximum Gasteiger partial charge on any atom is 0.338 e. The van der Waals surface area contributed by atoms with Crippen molar-refractivity contribution < 1.29 is 19.1 Å². The summed E-state index contributed by atoms with van der Waals surface area (Å²) < 4.78 is 11.6. The molecule has 1 fully saturated rings. The minimum absolute atomic E-state index is 0.0153. The third-order valence-corrected chi connectivity index (χ3v) is 5.70. The highest BCUT2D eigenvalue weighted by Gasteiger charge is 2.29. The van der Waals surface area contributed by atoms with Crippen molar-refractivity contribution in [3.8, 4) is 5.75 Å². The van der Waals surface area contributed by atoms with Crippen molar-refractivity contribution in [1.82, 2.24) is 9.88 Å². The molecule has 1 aliphatic rings. The fraction of sp³-hybridized carbons (Fsp3) is 0.500. The van der Waals surface area contributed by atoms with Crippen LogP contribution in [0.5, 0.6) is 5.75 Å². The van der Waals surface area contributed by atoms with E-state index in [1.54, 1.807) is 30.3 Å². The van der Waals surface area contributed by atoms with Crippen LogP contribution in [0.3, 0.4) is 0 Å². The number of pyridine rings is 1. The highest BCUT2D eigenvalue weighted by atomic mass is 35.5. The molecule has 0 radical (unpaired) electrons. The van der Waals surface area contributed by atoms with Gasteiger partial charge in [-0.25, -0.2) is 9.78 Å². The lowest BCUT2D eigenvalue weighted by molar-refractivity contribution is 0.00694. The average Bonchev–Trinajstić information content (AvgIpc) is 2.73. The number of carbonyl (C=O) groups excluding carboxylic acids is 2. The minimum Gasteiger partial charge on any atom is -0.488 e. The van der Waals surface area contributed by atoms with Gasteiger partial charge in [-0.3, -0.25) is 9.69 Å². The highest BCUT2D eigenvalue weighted by molar-refractivity contribution is 6.30. The van der Waals surface area contributed by atoms with E-state index < -0.39 is 17.5 Å². The van der Waals surface area contributed by atoms with Gasteiger partial charge in [0.1, 0.15) is 11.7 Å². The first kappa shape index (κ1) is 26.0. The molecule has 34 heavy (non-hydrogen) atoms. The van der Waals surface area contributed by atoms with Gasteiger partial charge in [0.05, 0.1) is 10.6 Å². The van der Waals surface area contributed by atoms with E-state index in [0.29, 0.717) is 22.0 Å². The van der Waals surface area contributed by atoms with Gasteiger partial charge in [0.25, 0.3) is 5.91 Å². The third kappa shape index (κ3) is 7.18. The molecular formula is C26H34ClN3O4. The number of nitrogens with zero attached hydrogens (tertiary/aromatic N) is 2. The van der Waals surface area contributed by atoms with E-state index in [2.05, 4.69) is 36.0 Å². The van der Waals surface area contributed by atoms with Gasteiger partial charge in [-0.15, -0.1) is 0 Å². The van der Waals surface area contributed by atoms with Crippen molar-refractivity contribution in [3.05, 3.63) is 52.8 Å². The second kappa shape index (κ2) is 10.3. The normalized spacial score (nSPS) is 15.6. The molecule has 0 saturated carbocycles. The number of carbonyl (C=O) groups is 2. The number of likely N-dealkylation sites (tertiary alicyclic amines) is 1. The smallest absolute Gasteiger partial charge is 0.338 e. The Morgan fingerprint density at radius 3 is 2.24 bits per heavy atom. The third-order valence-electron chi connectivity index (χ3n) is 5.50. The largest absolute Gasteiger partial charge is 0.488 e. The Hall–Kier alpha value is -2.64. The molecule has 1 N–H and O–H groups in total. The summed E-state index contributed by atoms with van der Waals surface area (Å²) in [5.41, 5.74) is 0.636. The van der Waals surface area contributed by atoms with E-state index in [0.717, 1.165) is 25.9 Å². The minimum atomic E-state index is -0.579. The molecule has 1 amide bonds. The van der Waals surface area contributed by atoms with Crippen LogP contribution in [0.1, 0.15) is 75.2 Å². The fourth-order valence-electron chi connectivity index (χ4n) is 3.72. The van der Waals surface area contributed by atoms with E-state index in [1.165, 1.54) is 6.20 Å². The number of hydrogen-bond donors (Lipinski definition) is 1. The number of esters is 1. The molecule has 1 aliphatic heterocycles. The molecule has 2 aromatic rings. The van der Waals surface area contributed by atoms with Gasteiger partial charge in [-0.1, -0.05) is 11.6 Å². The molecule has 0 spiro atoms. The molecule has 0 atom stereocenters. The summed E-state index contributed by atoms with van der Waals surface area (Å²) in [6, 6.07) is 8.15. The first-order valence-electron chi connectivity index (χ1n) is 11.5. The first-order valence-corrected chi connectivity index (χ1v) is 11.9. The van der Waals surface area contributed by atoms with Gasteiger partial charge in [0.15, 0.2) is 11.4 Å². The fourth-order valence-corrected chi connectivity index (χ4v) is 3.87. The molecule has 1 aromatic carbocycles. The van der Waals surface area contributed by atoms with Crippen LogP contribution in [0.4, 0.5) is 5.69 Å². The number of ether oxygens (including phenoxy) is 2. The monoisotopic (exact) mass is 487 g/mol. The van der Waals surface area contributed by atoms with Gasteiger partial charge >= 0.3 is 5.97 Å². The quantitative estimate of drug-likeness (QED) is 0.554. The van der Waals surface area contributed by atoms with Crippen LogP contribution in [0.2, 0.25) is 5.02 Å². The van der Waals surface area contributed by atoms with E-state index in [9.17, 15) is 9.59 Å². The predicted molar refractivity (Wildman–Crippen MR) is 134 cm³/mol. The number of benzene rings is 1. The van der Waals surface area contributed by atoms with Crippen molar-refractivity contribution in [3.63, 3.8) is 0 Å². The van der Waals surface area contributed by atoms with Gasteiger partial charge in [-0.2, -0.15) is 0 Å². The number of halogens is 1. The summed E-state index contributed by atoms with van der Waals surface area (Å²) in [6.07, 6.45) is 3.13. The summed E-state index contributed by atoms with van der Waals surface area (Å²) in [5, 5.41) is 3.21. The Kier molecular flexibility index (Phi) is 7.88. The summed E-state index contributed by atoms with van der Waals surface area (Å²) in [4.78, 5) is 31.8. The standard InChI is InChI=1S/C26H34ClN3O4/c1-25(2,3)30-13-11-20(12-14-30)33-21-15-18(27)16-28-22(21)23(31)29-19-9-7-17(8-10-19)24(32)34-26(4,5)6/h7-10,15-16,20H,11-14H2,1-6H3,(H,29,31). The molecule has 1 saturated heterocycles. The highest BCUT2D eigenvalue weighted by Crippen LogP contribution is 2.28. The second-order valence-electron chi connectivity index (χ2n) is 10.5. The number of anilines is 1. The Bertz CT molecular complexity index is 1020. The molecule has 184 valence electrons. The topological polar surface area (TPSA) is 80.8 Å². The van der Waals surface area contributed by atoms with Crippen LogP contribution >= 0.6 is 11.6 Å². The zero-order valence-electron chi connectivity index (χ0n) is 20.8. The Labute approximate surface area is 206 Å². The molecule has 0 unspecified atom stereocenters. The number of hydrogen-bond acceptors (Lipinski definition) is 6. The number of aromatic nitrogens is 1. The van der Waals surface area contributed by atoms with Crippen molar-refractivity contribution in [1.29, 1.82) is 0 Å². The Balaban J connectivity index is 1.67. The van der Waals surface area contributed by atoms with E-state index in [-0.39, 0.29) is 17.3 Å². The molecular weight excluding hydrogens is 454 g/mol. The number of piperidine rings is 1. The molecule has 2 heterocycles. The van der Waals surface area contributed by atoms with E-state index >= 15 is 0 Å². The number of amides is 1. The van der Waals surface area contributed by atoms with Crippen LogP contribution in [0.15, 0.2) is 36.5 Å². The molecule has 3 rings (SSSR count). The molecule has 0 aliphatic carbocycles. The number of nitrogens with one attached hydrogen (secondary N) is 1. The summed E-state index contributed by atoms with van der Waals surface area (Å²) in [7, 11) is 0. The van der Waals surface area contributed by atoms with E-state index in [1.807, 2.05) is 20.8 Å². The summed E-state index contributed by atoms with van der Waals surface area (Å²) in [6.45, 7) is 13.9. The van der Waals surface area contributed by atoms with Gasteiger partial charge in [0, 0.05) is 36.6 Å². The number of rotatable bonds is 5.